The number of hydrogen-bond donors (Lipinski definition) is 1. The predicted octanol–water partition coefficient (Wildman–Crippen LogP) is 3.18. The van der Waals surface area contributed by atoms with E-state index in [9.17, 15) is 14.4 Å². The number of carbonyl (C=O) groups excluding carboxylic acids is 3. The number of urea groups is 1. The molecule has 2 heterocycles. The lowest BCUT2D eigenvalue weighted by atomic mass is 9.74. The van der Waals surface area contributed by atoms with Crippen molar-refractivity contribution in [3.8, 4) is 0 Å². The van der Waals surface area contributed by atoms with Crippen LogP contribution in [0.1, 0.15) is 27.8 Å². The summed E-state index contributed by atoms with van der Waals surface area (Å²) in [6, 6.07) is 9.25. The van der Waals surface area contributed by atoms with Gasteiger partial charge >= 0.3 is 6.03 Å². The van der Waals surface area contributed by atoms with Crippen molar-refractivity contribution in [3.63, 3.8) is 0 Å². The first-order valence-corrected chi connectivity index (χ1v) is 9.72. The van der Waals surface area contributed by atoms with Gasteiger partial charge in [0, 0.05) is 19.3 Å². The fourth-order valence-electron chi connectivity index (χ4n) is 4.80. The molecule has 2 aromatic carbocycles. The van der Waals surface area contributed by atoms with Crippen LogP contribution < -0.4 is 15.1 Å². The van der Waals surface area contributed by atoms with Crippen LogP contribution in [0.4, 0.5) is 16.2 Å². The maximum atomic E-state index is 13.8. The molecule has 0 radical (unpaired) electrons. The topological polar surface area (TPSA) is 69.7 Å². The minimum atomic E-state index is -1.34. The highest BCUT2D eigenvalue weighted by molar-refractivity contribution is 6.30. The van der Waals surface area contributed by atoms with Crippen LogP contribution in [-0.4, -0.2) is 31.4 Å². The third-order valence-electron chi connectivity index (χ3n) is 5.98. The van der Waals surface area contributed by atoms with Gasteiger partial charge in [0.1, 0.15) is 0 Å². The number of fused-ring (bicyclic) bond motifs is 1. The normalized spacial score (nSPS) is 21.5. The van der Waals surface area contributed by atoms with E-state index in [1.54, 1.807) is 0 Å². The fourth-order valence-corrected chi connectivity index (χ4v) is 4.80. The van der Waals surface area contributed by atoms with Crippen LogP contribution in [-0.2, 0) is 16.0 Å². The Balaban J connectivity index is 1.85. The number of barbiturate groups is 1. The standard InChI is InChI=1S/C23H25N3O3/c1-13-6-7-18-17(10-13)11-23(12-25(18)5)20(27)24-22(29)26(21(23)28)19-15(3)8-14(2)9-16(19)4/h6-10H,11-12H2,1-5H3,(H,24,27,29)/t23-/m1/s1. The van der Waals surface area contributed by atoms with Crippen molar-refractivity contribution < 1.29 is 14.4 Å². The molecular formula is C23H25N3O3. The Kier molecular flexibility index (Phi) is 4.26. The van der Waals surface area contributed by atoms with Gasteiger partial charge in [-0.25, -0.2) is 9.69 Å². The van der Waals surface area contributed by atoms with Crippen molar-refractivity contribution >= 4 is 29.2 Å². The summed E-state index contributed by atoms with van der Waals surface area (Å²) in [6.45, 7) is 7.94. The summed E-state index contributed by atoms with van der Waals surface area (Å²) in [5.41, 5.74) is 4.95. The number of aryl methyl sites for hydroxylation is 4. The summed E-state index contributed by atoms with van der Waals surface area (Å²) in [4.78, 5) is 42.7. The van der Waals surface area contributed by atoms with Crippen molar-refractivity contribution in [2.75, 3.05) is 23.4 Å². The summed E-state index contributed by atoms with van der Waals surface area (Å²) in [6.07, 6.45) is 0.271. The molecule has 0 unspecified atom stereocenters. The highest BCUT2D eigenvalue weighted by Gasteiger charge is 2.57. The number of hydrogen-bond acceptors (Lipinski definition) is 4. The number of nitrogens with zero attached hydrogens (tertiary/aromatic N) is 2. The number of amides is 4. The molecular weight excluding hydrogens is 366 g/mol. The number of nitrogens with one attached hydrogen (secondary N) is 1. The van der Waals surface area contributed by atoms with Gasteiger partial charge in [0.2, 0.25) is 5.91 Å². The summed E-state index contributed by atoms with van der Waals surface area (Å²) in [7, 11) is 1.87. The lowest BCUT2D eigenvalue weighted by Crippen LogP contribution is -2.68. The van der Waals surface area contributed by atoms with Crippen molar-refractivity contribution in [2.45, 2.75) is 34.1 Å². The molecule has 6 nitrogen and oxygen atoms in total. The maximum absolute atomic E-state index is 13.8. The Hall–Kier alpha value is -3.15. The Morgan fingerprint density at radius 3 is 2.24 bits per heavy atom. The molecule has 2 aliphatic heterocycles. The van der Waals surface area contributed by atoms with Gasteiger partial charge in [0.15, 0.2) is 5.41 Å². The van der Waals surface area contributed by atoms with E-state index in [0.717, 1.165) is 33.5 Å². The quantitative estimate of drug-likeness (QED) is 0.758. The fraction of sp³-hybridized carbons (Fsp3) is 0.348. The van der Waals surface area contributed by atoms with Gasteiger partial charge in [-0.3, -0.25) is 14.9 Å². The van der Waals surface area contributed by atoms with Crippen LogP contribution in [0.25, 0.3) is 0 Å². The summed E-state index contributed by atoms with van der Waals surface area (Å²) >= 11 is 0. The van der Waals surface area contributed by atoms with Crippen LogP contribution in [0.5, 0.6) is 0 Å². The van der Waals surface area contributed by atoms with Gasteiger partial charge in [0.05, 0.1) is 5.69 Å². The zero-order valence-corrected chi connectivity index (χ0v) is 17.4. The van der Waals surface area contributed by atoms with E-state index in [1.165, 1.54) is 4.90 Å². The van der Waals surface area contributed by atoms with Crippen LogP contribution in [0.2, 0.25) is 0 Å². The first-order valence-electron chi connectivity index (χ1n) is 9.72. The molecule has 0 saturated carbocycles. The number of rotatable bonds is 1. The third-order valence-corrected chi connectivity index (χ3v) is 5.98. The molecule has 1 spiro atoms. The molecule has 150 valence electrons. The Labute approximate surface area is 170 Å². The average molecular weight is 391 g/mol. The molecule has 4 rings (SSSR count). The molecule has 0 bridgehead atoms. The molecule has 0 aliphatic carbocycles. The number of anilines is 2. The highest BCUT2D eigenvalue weighted by atomic mass is 16.2. The lowest BCUT2D eigenvalue weighted by molar-refractivity contribution is -0.142. The second kappa shape index (κ2) is 6.44. The van der Waals surface area contributed by atoms with Gasteiger partial charge in [-0.15, -0.1) is 0 Å². The monoisotopic (exact) mass is 391 g/mol. The van der Waals surface area contributed by atoms with Crippen LogP contribution >= 0.6 is 0 Å². The largest absolute Gasteiger partial charge is 0.373 e. The number of imide groups is 2. The molecule has 6 heteroatoms. The third kappa shape index (κ3) is 2.82. The second-order valence-corrected chi connectivity index (χ2v) is 8.39. The lowest BCUT2D eigenvalue weighted by Gasteiger charge is -2.45. The van der Waals surface area contributed by atoms with Crippen LogP contribution in [0, 0.1) is 33.1 Å². The average Bonchev–Trinajstić information content (AvgIpc) is 2.62. The Morgan fingerprint density at radius 2 is 1.59 bits per heavy atom. The van der Waals surface area contributed by atoms with Gasteiger partial charge in [-0.2, -0.15) is 0 Å². The zero-order valence-electron chi connectivity index (χ0n) is 17.4. The molecule has 1 N–H and O–H groups in total. The van der Waals surface area contributed by atoms with E-state index in [0.29, 0.717) is 5.69 Å². The Morgan fingerprint density at radius 1 is 0.931 bits per heavy atom. The van der Waals surface area contributed by atoms with Gasteiger partial charge in [0.25, 0.3) is 5.91 Å². The van der Waals surface area contributed by atoms with Crippen molar-refractivity contribution in [1.82, 2.24) is 5.32 Å². The van der Waals surface area contributed by atoms with Crippen molar-refractivity contribution in [3.05, 3.63) is 58.1 Å². The minimum absolute atomic E-state index is 0.224. The smallest absolute Gasteiger partial charge is 0.335 e. The summed E-state index contributed by atoms with van der Waals surface area (Å²) < 4.78 is 0. The highest BCUT2D eigenvalue weighted by Crippen LogP contribution is 2.41. The SMILES string of the molecule is Cc1cc(C)c(N2C(=O)NC(=O)[C@]3(Cc4cc(C)ccc4N(C)C3)C2=O)c(C)c1. The molecule has 1 fully saturated rings. The van der Waals surface area contributed by atoms with Crippen molar-refractivity contribution in [2.24, 2.45) is 5.41 Å². The van der Waals surface area contributed by atoms with E-state index >= 15 is 0 Å². The molecule has 2 aliphatic rings. The zero-order chi connectivity index (χ0) is 21.1. The summed E-state index contributed by atoms with van der Waals surface area (Å²) in [5, 5.41) is 2.45. The molecule has 0 aromatic heterocycles. The van der Waals surface area contributed by atoms with E-state index in [1.807, 2.05) is 70.0 Å². The van der Waals surface area contributed by atoms with E-state index < -0.39 is 23.3 Å². The van der Waals surface area contributed by atoms with Gasteiger partial charge in [-0.1, -0.05) is 35.4 Å². The van der Waals surface area contributed by atoms with E-state index in [-0.39, 0.29) is 13.0 Å². The molecule has 29 heavy (non-hydrogen) atoms. The molecule has 1 saturated heterocycles. The molecule has 4 amide bonds. The predicted molar refractivity (Wildman–Crippen MR) is 112 cm³/mol. The number of carbonyl (C=O) groups is 3. The molecule has 2 aromatic rings. The van der Waals surface area contributed by atoms with E-state index in [2.05, 4.69) is 5.32 Å². The van der Waals surface area contributed by atoms with Crippen molar-refractivity contribution in [1.29, 1.82) is 0 Å². The first-order chi connectivity index (χ1) is 13.6. The van der Waals surface area contributed by atoms with Gasteiger partial charge < -0.3 is 4.90 Å². The second-order valence-electron chi connectivity index (χ2n) is 8.39. The number of benzene rings is 2. The summed E-state index contributed by atoms with van der Waals surface area (Å²) in [5.74, 6) is -0.981. The first kappa shape index (κ1) is 19.2. The van der Waals surface area contributed by atoms with Gasteiger partial charge in [-0.05, 0) is 56.9 Å². The Bertz CT molecular complexity index is 1050. The minimum Gasteiger partial charge on any atom is -0.373 e. The maximum Gasteiger partial charge on any atom is 0.335 e. The van der Waals surface area contributed by atoms with Crippen LogP contribution in [0.3, 0.4) is 0 Å². The molecule has 1 atom stereocenters. The van der Waals surface area contributed by atoms with Crippen LogP contribution in [0.15, 0.2) is 30.3 Å². The van der Waals surface area contributed by atoms with E-state index in [4.69, 9.17) is 0 Å².